The number of amides is 1. The van der Waals surface area contributed by atoms with Crippen LogP contribution in [0.3, 0.4) is 0 Å². The van der Waals surface area contributed by atoms with E-state index in [9.17, 15) is 9.59 Å². The van der Waals surface area contributed by atoms with E-state index in [-0.39, 0.29) is 11.7 Å². The molecular weight excluding hydrogens is 444 g/mol. The minimum absolute atomic E-state index is 0.0283. The topological polar surface area (TPSA) is 59.1 Å². The first-order chi connectivity index (χ1) is 17.5. The number of carbonyl (C=O) groups is 2. The van der Waals surface area contributed by atoms with Gasteiger partial charge in [-0.25, -0.2) is 0 Å². The third-order valence-corrected chi connectivity index (χ3v) is 6.60. The van der Waals surface area contributed by atoms with E-state index in [1.54, 1.807) is 6.20 Å². The number of nitrogens with one attached hydrogen (secondary N) is 1. The Labute approximate surface area is 213 Å². The van der Waals surface area contributed by atoms with Gasteiger partial charge in [0.05, 0.1) is 5.52 Å². The summed E-state index contributed by atoms with van der Waals surface area (Å²) < 4.78 is 0. The molecule has 0 atom stereocenters. The smallest absolute Gasteiger partial charge is 0.251 e. The van der Waals surface area contributed by atoms with Crippen LogP contribution in [0.5, 0.6) is 0 Å². The quantitative estimate of drug-likeness (QED) is 0.192. The molecule has 3 aromatic carbocycles. The van der Waals surface area contributed by atoms with Gasteiger partial charge in [0, 0.05) is 35.7 Å². The van der Waals surface area contributed by atoms with Crippen LogP contribution in [0.4, 0.5) is 0 Å². The molecule has 0 spiro atoms. The molecule has 184 valence electrons. The SMILES string of the molecule is CCCCNC(=O)c1ccc(-c2ccc3ncc(C(=O)CCC)c(Cc4ccccc4)c3c2)cc1C. The maximum atomic E-state index is 13.0. The number of aromatic nitrogens is 1. The van der Waals surface area contributed by atoms with E-state index in [0.717, 1.165) is 58.0 Å². The first-order valence-electron chi connectivity index (χ1n) is 12.9. The summed E-state index contributed by atoms with van der Waals surface area (Å²) in [5.74, 6) is 0.108. The lowest BCUT2D eigenvalue weighted by molar-refractivity contribution is 0.0950. The molecule has 0 aliphatic rings. The van der Waals surface area contributed by atoms with Crippen molar-refractivity contribution in [1.29, 1.82) is 0 Å². The van der Waals surface area contributed by atoms with Crippen molar-refractivity contribution in [3.05, 3.63) is 101 Å². The van der Waals surface area contributed by atoms with E-state index in [2.05, 4.69) is 47.6 Å². The van der Waals surface area contributed by atoms with Gasteiger partial charge in [-0.15, -0.1) is 0 Å². The summed E-state index contributed by atoms with van der Waals surface area (Å²) >= 11 is 0. The maximum absolute atomic E-state index is 13.0. The van der Waals surface area contributed by atoms with Gasteiger partial charge in [-0.05, 0) is 72.2 Å². The Kier molecular flexibility index (Phi) is 8.27. The van der Waals surface area contributed by atoms with Gasteiger partial charge < -0.3 is 5.32 Å². The maximum Gasteiger partial charge on any atom is 0.251 e. The fourth-order valence-corrected chi connectivity index (χ4v) is 4.59. The average molecular weight is 479 g/mol. The van der Waals surface area contributed by atoms with Crippen LogP contribution in [0.15, 0.2) is 72.9 Å². The lowest BCUT2D eigenvalue weighted by atomic mass is 9.91. The van der Waals surface area contributed by atoms with Crippen molar-refractivity contribution < 1.29 is 9.59 Å². The molecule has 4 rings (SSSR count). The summed E-state index contributed by atoms with van der Waals surface area (Å²) in [5, 5.41) is 4.00. The number of benzene rings is 3. The Balaban J connectivity index is 1.75. The number of aryl methyl sites for hydroxylation is 1. The Morgan fingerprint density at radius 2 is 1.61 bits per heavy atom. The second-order valence-electron chi connectivity index (χ2n) is 9.36. The molecule has 4 heteroatoms. The van der Waals surface area contributed by atoms with Crippen LogP contribution in [0.25, 0.3) is 22.0 Å². The number of ketones is 1. The highest BCUT2D eigenvalue weighted by Gasteiger charge is 2.17. The minimum atomic E-state index is -0.0283. The number of rotatable bonds is 10. The number of unbranched alkanes of at least 4 members (excludes halogenated alkanes) is 1. The van der Waals surface area contributed by atoms with Gasteiger partial charge >= 0.3 is 0 Å². The molecule has 0 unspecified atom stereocenters. The summed E-state index contributed by atoms with van der Waals surface area (Å²) in [6, 6.07) is 22.4. The fraction of sp³-hybridized carbons (Fsp3) is 0.281. The molecule has 1 aromatic heterocycles. The van der Waals surface area contributed by atoms with Crippen LogP contribution in [0.1, 0.15) is 76.9 Å². The number of fused-ring (bicyclic) bond motifs is 1. The molecule has 0 aliphatic heterocycles. The van der Waals surface area contributed by atoms with Crippen molar-refractivity contribution in [2.75, 3.05) is 6.54 Å². The van der Waals surface area contributed by atoms with Gasteiger partial charge in [-0.2, -0.15) is 0 Å². The van der Waals surface area contributed by atoms with Crippen molar-refractivity contribution in [3.63, 3.8) is 0 Å². The van der Waals surface area contributed by atoms with E-state index < -0.39 is 0 Å². The van der Waals surface area contributed by atoms with Gasteiger partial charge in [0.25, 0.3) is 5.91 Å². The zero-order valence-electron chi connectivity index (χ0n) is 21.4. The monoisotopic (exact) mass is 478 g/mol. The predicted molar refractivity (Wildman–Crippen MR) is 148 cm³/mol. The molecular formula is C32H34N2O2. The second-order valence-corrected chi connectivity index (χ2v) is 9.36. The Morgan fingerprint density at radius 1 is 0.861 bits per heavy atom. The van der Waals surface area contributed by atoms with Gasteiger partial charge in [0.2, 0.25) is 0 Å². The Bertz CT molecular complexity index is 1380. The fourth-order valence-electron chi connectivity index (χ4n) is 4.59. The standard InChI is InChI=1S/C32H34N2O2/c1-4-6-17-33-32(36)26-15-13-24(18-22(26)3)25-14-16-30-28(20-25)27(19-23-11-8-7-9-12-23)29(21-34-30)31(35)10-5-2/h7-9,11-16,18,20-21H,4-6,10,17,19H2,1-3H3,(H,33,36). The molecule has 4 nitrogen and oxygen atoms in total. The van der Waals surface area contributed by atoms with Gasteiger partial charge in [-0.1, -0.05) is 68.8 Å². The summed E-state index contributed by atoms with van der Waals surface area (Å²) in [5.41, 5.74) is 7.49. The molecule has 36 heavy (non-hydrogen) atoms. The number of pyridine rings is 1. The molecule has 1 heterocycles. The number of hydrogen-bond acceptors (Lipinski definition) is 3. The number of nitrogens with zero attached hydrogens (tertiary/aromatic N) is 1. The summed E-state index contributed by atoms with van der Waals surface area (Å²) in [6.45, 7) is 6.80. The van der Waals surface area contributed by atoms with Crippen molar-refractivity contribution in [2.24, 2.45) is 0 Å². The van der Waals surface area contributed by atoms with Crippen LogP contribution in [-0.2, 0) is 6.42 Å². The second kappa shape index (κ2) is 11.8. The van der Waals surface area contributed by atoms with E-state index >= 15 is 0 Å². The van der Waals surface area contributed by atoms with E-state index in [1.807, 2.05) is 50.2 Å². The highest BCUT2D eigenvalue weighted by atomic mass is 16.1. The van der Waals surface area contributed by atoms with E-state index in [4.69, 9.17) is 0 Å². The molecule has 0 radical (unpaired) electrons. The van der Waals surface area contributed by atoms with Crippen LogP contribution in [-0.4, -0.2) is 23.2 Å². The van der Waals surface area contributed by atoms with Crippen molar-refractivity contribution in [1.82, 2.24) is 10.3 Å². The summed E-state index contributed by atoms with van der Waals surface area (Å²) in [4.78, 5) is 30.2. The summed E-state index contributed by atoms with van der Waals surface area (Å²) in [6.07, 6.45) is 5.75. The molecule has 0 saturated carbocycles. The zero-order chi connectivity index (χ0) is 25.5. The van der Waals surface area contributed by atoms with Gasteiger partial charge in [-0.3, -0.25) is 14.6 Å². The number of hydrogen-bond donors (Lipinski definition) is 1. The molecule has 0 saturated heterocycles. The van der Waals surface area contributed by atoms with E-state index in [1.165, 1.54) is 0 Å². The Hall–Kier alpha value is -3.79. The lowest BCUT2D eigenvalue weighted by Gasteiger charge is -2.14. The first-order valence-corrected chi connectivity index (χ1v) is 12.9. The average Bonchev–Trinajstić information content (AvgIpc) is 2.89. The van der Waals surface area contributed by atoms with Crippen LogP contribution in [0.2, 0.25) is 0 Å². The molecule has 1 amide bonds. The predicted octanol–water partition coefficient (Wildman–Crippen LogP) is 7.31. The normalized spacial score (nSPS) is 11.0. The molecule has 0 bridgehead atoms. The molecule has 0 aliphatic carbocycles. The first kappa shape index (κ1) is 25.3. The zero-order valence-corrected chi connectivity index (χ0v) is 21.4. The lowest BCUT2D eigenvalue weighted by Crippen LogP contribution is -2.25. The van der Waals surface area contributed by atoms with Crippen LogP contribution >= 0.6 is 0 Å². The number of Topliss-reactive ketones (excluding diaryl/α,β-unsaturated/α-hetero) is 1. The van der Waals surface area contributed by atoms with Crippen LogP contribution < -0.4 is 5.32 Å². The largest absolute Gasteiger partial charge is 0.352 e. The summed E-state index contributed by atoms with van der Waals surface area (Å²) in [7, 11) is 0. The third kappa shape index (κ3) is 5.71. The molecule has 0 fully saturated rings. The van der Waals surface area contributed by atoms with Gasteiger partial charge in [0.1, 0.15) is 0 Å². The molecule has 1 N–H and O–H groups in total. The van der Waals surface area contributed by atoms with Crippen LogP contribution in [0, 0.1) is 6.92 Å². The third-order valence-electron chi connectivity index (χ3n) is 6.60. The van der Waals surface area contributed by atoms with Gasteiger partial charge in [0.15, 0.2) is 5.78 Å². The highest BCUT2D eigenvalue weighted by molar-refractivity contribution is 6.02. The highest BCUT2D eigenvalue weighted by Crippen LogP contribution is 2.30. The number of carbonyl (C=O) groups excluding carboxylic acids is 2. The van der Waals surface area contributed by atoms with E-state index in [0.29, 0.717) is 30.5 Å². The van der Waals surface area contributed by atoms with Crippen molar-refractivity contribution >= 4 is 22.6 Å². The minimum Gasteiger partial charge on any atom is -0.352 e. The van der Waals surface area contributed by atoms with Crippen molar-refractivity contribution in [2.45, 2.75) is 52.9 Å². The molecule has 4 aromatic rings. The van der Waals surface area contributed by atoms with Crippen molar-refractivity contribution in [3.8, 4) is 11.1 Å². The Morgan fingerprint density at radius 3 is 2.33 bits per heavy atom.